The van der Waals surface area contributed by atoms with Crippen LogP contribution in [-0.4, -0.2) is 8.32 Å². The molecule has 1 saturated carbocycles. The molecule has 1 aliphatic rings. The molecule has 1 nitrogen and oxygen atoms in total. The Kier molecular flexibility index (Phi) is 2.98. The molecule has 0 amide bonds. The highest BCUT2D eigenvalue weighted by Gasteiger charge is 2.35. The average Bonchev–Trinajstić information content (AvgIpc) is 2.97. The van der Waals surface area contributed by atoms with E-state index in [1.165, 1.54) is 18.4 Å². The van der Waals surface area contributed by atoms with Crippen molar-refractivity contribution in [3.8, 4) is 0 Å². The minimum Gasteiger partial charge on any atom is -0.410 e. The second-order valence-electron chi connectivity index (χ2n) is 5.40. The van der Waals surface area contributed by atoms with Crippen molar-refractivity contribution in [1.29, 1.82) is 0 Å². The predicted octanol–water partition coefficient (Wildman–Crippen LogP) is 3.99. The van der Waals surface area contributed by atoms with Gasteiger partial charge in [0.1, 0.15) is 0 Å². The first-order valence-corrected chi connectivity index (χ1v) is 9.20. The second-order valence-corrected chi connectivity index (χ2v) is 9.86. The Morgan fingerprint density at radius 3 is 2.20 bits per heavy atom. The summed E-state index contributed by atoms with van der Waals surface area (Å²) in [5.41, 5.74) is 1.36. The first-order chi connectivity index (χ1) is 7.06. The summed E-state index contributed by atoms with van der Waals surface area (Å²) >= 11 is 0. The Morgan fingerprint density at radius 2 is 1.73 bits per heavy atom. The summed E-state index contributed by atoms with van der Waals surface area (Å²) < 4.78 is 6.29. The molecule has 1 aliphatic carbocycles. The third kappa shape index (κ3) is 3.18. The molecule has 82 valence electrons. The maximum absolute atomic E-state index is 6.29. The van der Waals surface area contributed by atoms with Gasteiger partial charge in [-0.15, -0.1) is 0 Å². The molecule has 1 unspecified atom stereocenters. The van der Waals surface area contributed by atoms with Crippen molar-refractivity contribution >= 4 is 8.32 Å². The van der Waals surface area contributed by atoms with Crippen LogP contribution in [0.1, 0.15) is 24.5 Å². The number of hydrogen-bond donors (Lipinski definition) is 0. The van der Waals surface area contributed by atoms with E-state index in [2.05, 4.69) is 50.0 Å². The van der Waals surface area contributed by atoms with Crippen LogP contribution in [0.25, 0.3) is 0 Å². The van der Waals surface area contributed by atoms with Gasteiger partial charge in [0, 0.05) is 0 Å². The molecule has 2 heteroatoms. The van der Waals surface area contributed by atoms with Crippen molar-refractivity contribution in [1.82, 2.24) is 0 Å². The fourth-order valence-electron chi connectivity index (χ4n) is 1.86. The summed E-state index contributed by atoms with van der Waals surface area (Å²) in [4.78, 5) is 0. The van der Waals surface area contributed by atoms with Crippen LogP contribution in [0, 0.1) is 5.92 Å². The summed E-state index contributed by atoms with van der Waals surface area (Å²) in [6, 6.07) is 10.7. The zero-order valence-electron chi connectivity index (χ0n) is 9.86. The highest BCUT2D eigenvalue weighted by molar-refractivity contribution is 6.69. The average molecular weight is 220 g/mol. The van der Waals surface area contributed by atoms with Gasteiger partial charge >= 0.3 is 0 Å². The Balaban J connectivity index is 2.13. The lowest BCUT2D eigenvalue weighted by molar-refractivity contribution is 0.173. The van der Waals surface area contributed by atoms with E-state index in [1.807, 2.05) is 0 Å². The molecule has 0 radical (unpaired) electrons. The van der Waals surface area contributed by atoms with Crippen LogP contribution in [0.15, 0.2) is 30.3 Å². The van der Waals surface area contributed by atoms with Crippen molar-refractivity contribution in [2.24, 2.45) is 5.92 Å². The van der Waals surface area contributed by atoms with Crippen LogP contribution in [-0.2, 0) is 4.43 Å². The SMILES string of the molecule is C[Si](C)(C)OC(c1ccccc1)C1CC1. The zero-order chi connectivity index (χ0) is 10.9. The lowest BCUT2D eigenvalue weighted by atomic mass is 10.1. The number of rotatable bonds is 4. The van der Waals surface area contributed by atoms with Gasteiger partial charge in [-0.25, -0.2) is 0 Å². The van der Waals surface area contributed by atoms with E-state index in [1.54, 1.807) is 0 Å². The first-order valence-electron chi connectivity index (χ1n) is 5.79. The Labute approximate surface area is 93.6 Å². The zero-order valence-corrected chi connectivity index (χ0v) is 10.9. The lowest BCUT2D eigenvalue weighted by Gasteiger charge is -2.26. The van der Waals surface area contributed by atoms with Gasteiger partial charge < -0.3 is 4.43 Å². The molecule has 0 heterocycles. The molecule has 1 atom stereocenters. The first kappa shape index (κ1) is 10.9. The minimum absolute atomic E-state index is 0.359. The molecular weight excluding hydrogens is 200 g/mol. The van der Waals surface area contributed by atoms with Gasteiger partial charge in [-0.2, -0.15) is 0 Å². The normalized spacial score (nSPS) is 18.9. The maximum Gasteiger partial charge on any atom is 0.184 e. The van der Waals surface area contributed by atoms with Gasteiger partial charge in [-0.05, 0) is 44.0 Å². The molecule has 0 aliphatic heterocycles. The molecule has 1 fully saturated rings. The van der Waals surface area contributed by atoms with Gasteiger partial charge in [0.05, 0.1) is 6.10 Å². The molecule has 15 heavy (non-hydrogen) atoms. The van der Waals surface area contributed by atoms with Gasteiger partial charge in [-0.3, -0.25) is 0 Å². The minimum atomic E-state index is -1.43. The third-order valence-electron chi connectivity index (χ3n) is 2.66. The Hall–Kier alpha value is -0.603. The molecule has 0 saturated heterocycles. The lowest BCUT2D eigenvalue weighted by Crippen LogP contribution is -2.28. The Bertz CT molecular complexity index is 311. The monoisotopic (exact) mass is 220 g/mol. The summed E-state index contributed by atoms with van der Waals surface area (Å²) in [6.07, 6.45) is 3.03. The van der Waals surface area contributed by atoms with Gasteiger partial charge in [0.15, 0.2) is 8.32 Å². The third-order valence-corrected chi connectivity index (χ3v) is 3.62. The second kappa shape index (κ2) is 4.10. The summed E-state index contributed by atoms with van der Waals surface area (Å²) in [6.45, 7) is 6.81. The maximum atomic E-state index is 6.29. The van der Waals surface area contributed by atoms with Crippen molar-refractivity contribution in [2.45, 2.75) is 38.6 Å². The quantitative estimate of drug-likeness (QED) is 0.697. The van der Waals surface area contributed by atoms with Crippen LogP contribution in [0.2, 0.25) is 19.6 Å². The van der Waals surface area contributed by atoms with E-state index in [0.29, 0.717) is 6.10 Å². The fraction of sp³-hybridized carbons (Fsp3) is 0.538. The predicted molar refractivity (Wildman–Crippen MR) is 66.3 cm³/mol. The summed E-state index contributed by atoms with van der Waals surface area (Å²) in [5.74, 6) is 0.777. The smallest absolute Gasteiger partial charge is 0.184 e. The number of hydrogen-bond acceptors (Lipinski definition) is 1. The topological polar surface area (TPSA) is 9.23 Å². The van der Waals surface area contributed by atoms with Crippen molar-refractivity contribution in [2.75, 3.05) is 0 Å². The summed E-state index contributed by atoms with van der Waals surface area (Å²) in [5, 5.41) is 0. The highest BCUT2D eigenvalue weighted by atomic mass is 28.4. The standard InChI is InChI=1S/C13H20OSi/c1-15(2,3)14-13(12-9-10-12)11-7-5-4-6-8-11/h4-8,12-13H,9-10H2,1-3H3. The molecule has 2 rings (SSSR count). The van der Waals surface area contributed by atoms with E-state index in [4.69, 9.17) is 4.43 Å². The van der Waals surface area contributed by atoms with E-state index in [0.717, 1.165) is 5.92 Å². The van der Waals surface area contributed by atoms with E-state index >= 15 is 0 Å². The fourth-order valence-corrected chi connectivity index (χ4v) is 2.95. The number of benzene rings is 1. The molecule has 1 aromatic rings. The molecular formula is C13H20OSi. The van der Waals surface area contributed by atoms with Gasteiger partial charge in [0.2, 0.25) is 0 Å². The van der Waals surface area contributed by atoms with Crippen molar-refractivity contribution in [3.05, 3.63) is 35.9 Å². The molecule has 0 aromatic heterocycles. The van der Waals surface area contributed by atoms with Crippen LogP contribution in [0.5, 0.6) is 0 Å². The van der Waals surface area contributed by atoms with Crippen LogP contribution >= 0.6 is 0 Å². The molecule has 1 aromatic carbocycles. The van der Waals surface area contributed by atoms with Crippen LogP contribution < -0.4 is 0 Å². The van der Waals surface area contributed by atoms with E-state index in [-0.39, 0.29) is 0 Å². The largest absolute Gasteiger partial charge is 0.410 e. The van der Waals surface area contributed by atoms with E-state index in [9.17, 15) is 0 Å². The highest BCUT2D eigenvalue weighted by Crippen LogP contribution is 2.44. The van der Waals surface area contributed by atoms with Crippen molar-refractivity contribution in [3.63, 3.8) is 0 Å². The van der Waals surface area contributed by atoms with Crippen LogP contribution in [0.3, 0.4) is 0 Å². The van der Waals surface area contributed by atoms with Gasteiger partial charge in [-0.1, -0.05) is 30.3 Å². The molecule has 0 N–H and O–H groups in total. The van der Waals surface area contributed by atoms with Gasteiger partial charge in [0.25, 0.3) is 0 Å². The Morgan fingerprint density at radius 1 is 1.13 bits per heavy atom. The van der Waals surface area contributed by atoms with E-state index < -0.39 is 8.32 Å². The molecule has 0 spiro atoms. The van der Waals surface area contributed by atoms with Crippen molar-refractivity contribution < 1.29 is 4.43 Å². The van der Waals surface area contributed by atoms with Crippen LogP contribution in [0.4, 0.5) is 0 Å². The summed E-state index contributed by atoms with van der Waals surface area (Å²) in [7, 11) is -1.43. The molecule has 0 bridgehead atoms.